The maximum absolute atomic E-state index is 12.7. The number of aryl methyl sites for hydroxylation is 2. The molecule has 0 atom stereocenters. The van der Waals surface area contributed by atoms with Crippen molar-refractivity contribution in [3.63, 3.8) is 0 Å². The molecule has 0 fully saturated rings. The highest BCUT2D eigenvalue weighted by Crippen LogP contribution is 2.18. The fourth-order valence-electron chi connectivity index (χ4n) is 2.61. The molecule has 6 nitrogen and oxygen atoms in total. The second-order valence-corrected chi connectivity index (χ2v) is 6.90. The molecule has 0 saturated carbocycles. The summed E-state index contributed by atoms with van der Waals surface area (Å²) in [4.78, 5) is 18.8. The standard InChI is InChI=1S/C21H24N4O2/c1-14(2)25(21(26)22-18-11-7-16(4)8-12-18)13-19-23-20(24-27-19)17-9-5-15(3)6-10-17/h5-12,14H,13H2,1-4H3,(H,22,26). The SMILES string of the molecule is Cc1ccc(NC(=O)N(Cc2nc(-c3ccc(C)cc3)no2)C(C)C)cc1. The number of rotatable bonds is 5. The molecule has 0 aliphatic carbocycles. The Morgan fingerprint density at radius 3 is 2.22 bits per heavy atom. The van der Waals surface area contributed by atoms with E-state index in [4.69, 9.17) is 4.52 Å². The first kappa shape index (κ1) is 18.6. The van der Waals surface area contributed by atoms with Crippen molar-refractivity contribution in [3.8, 4) is 11.4 Å². The Morgan fingerprint density at radius 2 is 1.63 bits per heavy atom. The average Bonchev–Trinajstić information content (AvgIpc) is 3.10. The van der Waals surface area contributed by atoms with Crippen LogP contribution in [0.3, 0.4) is 0 Å². The van der Waals surface area contributed by atoms with E-state index in [1.165, 1.54) is 5.56 Å². The monoisotopic (exact) mass is 364 g/mol. The minimum atomic E-state index is -0.205. The van der Waals surface area contributed by atoms with Crippen LogP contribution in [0.2, 0.25) is 0 Å². The van der Waals surface area contributed by atoms with E-state index in [2.05, 4.69) is 15.5 Å². The average molecular weight is 364 g/mol. The number of aromatic nitrogens is 2. The maximum atomic E-state index is 12.7. The molecule has 6 heteroatoms. The number of benzene rings is 2. The molecule has 0 bridgehead atoms. The molecule has 0 saturated heterocycles. The summed E-state index contributed by atoms with van der Waals surface area (Å²) in [6.45, 7) is 8.18. The third kappa shape index (κ3) is 4.73. The lowest BCUT2D eigenvalue weighted by atomic mass is 10.1. The Labute approximate surface area is 159 Å². The number of carbonyl (C=O) groups excluding carboxylic acids is 1. The molecule has 0 unspecified atom stereocenters. The summed E-state index contributed by atoms with van der Waals surface area (Å²) in [5, 5.41) is 6.95. The van der Waals surface area contributed by atoms with Crippen molar-refractivity contribution in [3.05, 3.63) is 65.5 Å². The third-order valence-corrected chi connectivity index (χ3v) is 4.27. The molecular weight excluding hydrogens is 340 g/mol. The quantitative estimate of drug-likeness (QED) is 0.706. The van der Waals surface area contributed by atoms with Crippen molar-refractivity contribution in [1.82, 2.24) is 15.0 Å². The predicted molar refractivity (Wildman–Crippen MR) is 105 cm³/mol. The van der Waals surface area contributed by atoms with Crippen LogP contribution in [0.4, 0.5) is 10.5 Å². The number of hydrogen-bond donors (Lipinski definition) is 1. The summed E-state index contributed by atoms with van der Waals surface area (Å²) in [5.74, 6) is 0.922. The van der Waals surface area contributed by atoms with Crippen LogP contribution in [0.5, 0.6) is 0 Å². The van der Waals surface area contributed by atoms with Gasteiger partial charge in [-0.3, -0.25) is 0 Å². The summed E-state index contributed by atoms with van der Waals surface area (Å²) in [7, 11) is 0. The van der Waals surface area contributed by atoms with Crippen molar-refractivity contribution in [1.29, 1.82) is 0 Å². The number of amides is 2. The smallest absolute Gasteiger partial charge is 0.322 e. The van der Waals surface area contributed by atoms with E-state index in [1.54, 1.807) is 4.90 Å². The number of nitrogens with zero attached hydrogens (tertiary/aromatic N) is 3. The van der Waals surface area contributed by atoms with Crippen molar-refractivity contribution in [2.75, 3.05) is 5.32 Å². The number of anilines is 1. The van der Waals surface area contributed by atoms with Crippen LogP contribution in [-0.2, 0) is 6.54 Å². The molecule has 2 amide bonds. The van der Waals surface area contributed by atoms with Gasteiger partial charge in [-0.2, -0.15) is 4.98 Å². The van der Waals surface area contributed by atoms with Gasteiger partial charge in [-0.05, 0) is 39.8 Å². The van der Waals surface area contributed by atoms with Gasteiger partial charge in [0.15, 0.2) is 0 Å². The van der Waals surface area contributed by atoms with Gasteiger partial charge in [0, 0.05) is 17.3 Å². The Morgan fingerprint density at radius 1 is 1.04 bits per heavy atom. The lowest BCUT2D eigenvalue weighted by Gasteiger charge is -2.25. The Balaban J connectivity index is 1.71. The molecule has 1 N–H and O–H groups in total. The summed E-state index contributed by atoms with van der Waals surface area (Å²) in [5.41, 5.74) is 3.95. The molecule has 3 rings (SSSR count). The molecular formula is C21H24N4O2. The van der Waals surface area contributed by atoms with Crippen molar-refractivity contribution < 1.29 is 9.32 Å². The van der Waals surface area contributed by atoms with Crippen LogP contribution in [0.1, 0.15) is 30.9 Å². The van der Waals surface area contributed by atoms with Crippen LogP contribution in [-0.4, -0.2) is 27.1 Å². The van der Waals surface area contributed by atoms with Crippen LogP contribution < -0.4 is 5.32 Å². The van der Waals surface area contributed by atoms with E-state index in [9.17, 15) is 4.79 Å². The van der Waals surface area contributed by atoms with E-state index in [0.29, 0.717) is 11.7 Å². The number of nitrogens with one attached hydrogen (secondary N) is 1. The van der Waals surface area contributed by atoms with E-state index < -0.39 is 0 Å². The Hall–Kier alpha value is -3.15. The maximum Gasteiger partial charge on any atom is 0.322 e. The normalized spacial score (nSPS) is 10.9. The van der Waals surface area contributed by atoms with Crippen LogP contribution in [0.25, 0.3) is 11.4 Å². The molecule has 0 aliphatic heterocycles. The van der Waals surface area contributed by atoms with Gasteiger partial charge < -0.3 is 14.7 Å². The minimum absolute atomic E-state index is 0.0230. The summed E-state index contributed by atoms with van der Waals surface area (Å²) in [6, 6.07) is 15.4. The third-order valence-electron chi connectivity index (χ3n) is 4.27. The number of urea groups is 1. The van der Waals surface area contributed by atoms with Crippen LogP contribution in [0, 0.1) is 13.8 Å². The number of hydrogen-bond acceptors (Lipinski definition) is 4. The van der Waals surface area contributed by atoms with Crippen molar-refractivity contribution in [2.24, 2.45) is 0 Å². The Bertz CT molecular complexity index is 899. The van der Waals surface area contributed by atoms with Gasteiger partial charge >= 0.3 is 6.03 Å². The molecule has 2 aromatic carbocycles. The molecule has 1 heterocycles. The van der Waals surface area contributed by atoms with Gasteiger partial charge in [0.2, 0.25) is 11.7 Å². The summed E-state index contributed by atoms with van der Waals surface area (Å²) >= 11 is 0. The molecule has 140 valence electrons. The fourth-order valence-corrected chi connectivity index (χ4v) is 2.61. The number of carbonyl (C=O) groups is 1. The lowest BCUT2D eigenvalue weighted by molar-refractivity contribution is 0.182. The van der Waals surface area contributed by atoms with Gasteiger partial charge in [-0.15, -0.1) is 0 Å². The van der Waals surface area contributed by atoms with Crippen LogP contribution in [0.15, 0.2) is 53.1 Å². The predicted octanol–water partition coefficient (Wildman–Crippen LogP) is 4.80. The highest BCUT2D eigenvalue weighted by molar-refractivity contribution is 5.89. The van der Waals surface area contributed by atoms with E-state index in [-0.39, 0.29) is 18.6 Å². The minimum Gasteiger partial charge on any atom is -0.337 e. The van der Waals surface area contributed by atoms with Gasteiger partial charge in [0.1, 0.15) is 6.54 Å². The largest absolute Gasteiger partial charge is 0.337 e. The second kappa shape index (κ2) is 8.03. The van der Waals surface area contributed by atoms with E-state index >= 15 is 0 Å². The van der Waals surface area contributed by atoms with Gasteiger partial charge in [0.25, 0.3) is 0 Å². The van der Waals surface area contributed by atoms with E-state index in [1.807, 2.05) is 76.2 Å². The molecule has 27 heavy (non-hydrogen) atoms. The first-order valence-corrected chi connectivity index (χ1v) is 8.96. The molecule has 0 radical (unpaired) electrons. The lowest BCUT2D eigenvalue weighted by Crippen LogP contribution is -2.39. The van der Waals surface area contributed by atoms with Crippen LogP contribution >= 0.6 is 0 Å². The molecule has 3 aromatic rings. The summed E-state index contributed by atoms with van der Waals surface area (Å²) in [6.07, 6.45) is 0. The topological polar surface area (TPSA) is 71.3 Å². The Kier molecular flexibility index (Phi) is 5.54. The van der Waals surface area contributed by atoms with Gasteiger partial charge in [-0.25, -0.2) is 4.79 Å². The molecule has 0 spiro atoms. The second-order valence-electron chi connectivity index (χ2n) is 6.90. The van der Waals surface area contributed by atoms with E-state index in [0.717, 1.165) is 16.8 Å². The zero-order valence-corrected chi connectivity index (χ0v) is 16.1. The van der Waals surface area contributed by atoms with Crippen molar-refractivity contribution in [2.45, 2.75) is 40.3 Å². The highest BCUT2D eigenvalue weighted by atomic mass is 16.5. The first-order valence-electron chi connectivity index (χ1n) is 8.96. The van der Waals surface area contributed by atoms with Crippen molar-refractivity contribution >= 4 is 11.7 Å². The molecule has 1 aromatic heterocycles. The zero-order valence-electron chi connectivity index (χ0n) is 16.1. The van der Waals surface area contributed by atoms with Gasteiger partial charge in [-0.1, -0.05) is 52.7 Å². The van der Waals surface area contributed by atoms with Gasteiger partial charge in [0.05, 0.1) is 0 Å². The highest BCUT2D eigenvalue weighted by Gasteiger charge is 2.21. The summed E-state index contributed by atoms with van der Waals surface area (Å²) < 4.78 is 5.36. The zero-order chi connectivity index (χ0) is 19.4. The fraction of sp³-hybridized carbons (Fsp3) is 0.286. The molecule has 0 aliphatic rings. The first-order chi connectivity index (χ1) is 12.9.